The van der Waals surface area contributed by atoms with Crippen LogP contribution in [0.4, 0.5) is 19.1 Å². The molecular weight excluding hydrogens is 295 g/mol. The second kappa shape index (κ2) is 6.25. The Morgan fingerprint density at radius 3 is 2.64 bits per heavy atom. The van der Waals surface area contributed by atoms with E-state index in [-0.39, 0.29) is 23.5 Å². The van der Waals surface area contributed by atoms with Gasteiger partial charge < -0.3 is 4.42 Å². The summed E-state index contributed by atoms with van der Waals surface area (Å²) in [5.41, 5.74) is -0.439. The minimum atomic E-state index is -4.41. The van der Waals surface area contributed by atoms with Crippen molar-refractivity contribution in [2.75, 3.05) is 5.32 Å². The Kier molecular flexibility index (Phi) is 4.59. The molecule has 118 valence electrons. The highest BCUT2D eigenvalue weighted by Gasteiger charge is 2.30. The van der Waals surface area contributed by atoms with Crippen LogP contribution in [0.3, 0.4) is 0 Å². The number of carbonyl (C=O) groups excluding carboxylic acids is 1. The van der Waals surface area contributed by atoms with Crippen molar-refractivity contribution >= 4 is 11.8 Å². The Hall–Kier alpha value is -2.24. The molecule has 0 spiro atoms. The molecule has 0 aliphatic rings. The molecule has 1 aromatic heterocycles. The number of furan rings is 1. The number of carbonyl (C=O) groups is 1. The van der Waals surface area contributed by atoms with Gasteiger partial charge in [-0.2, -0.15) is 13.2 Å². The average molecular weight is 311 g/mol. The van der Waals surface area contributed by atoms with Gasteiger partial charge in [0.25, 0.3) is 0 Å². The van der Waals surface area contributed by atoms with Crippen LogP contribution in [0.25, 0.3) is 11.3 Å². The Morgan fingerprint density at radius 2 is 2.00 bits per heavy atom. The molecule has 22 heavy (non-hydrogen) atoms. The van der Waals surface area contributed by atoms with Gasteiger partial charge in [0.15, 0.2) is 5.88 Å². The van der Waals surface area contributed by atoms with Crippen LogP contribution in [-0.2, 0) is 11.0 Å². The summed E-state index contributed by atoms with van der Waals surface area (Å²) in [5, 5.41) is 2.60. The molecule has 1 heterocycles. The van der Waals surface area contributed by atoms with Gasteiger partial charge in [-0.3, -0.25) is 10.1 Å². The van der Waals surface area contributed by atoms with Gasteiger partial charge in [0.1, 0.15) is 5.76 Å². The molecule has 0 bridgehead atoms. The SMILES string of the molecule is CCC(C)C(=O)Nc1ccc(-c2cccc(C(F)(F)F)c2)o1. The van der Waals surface area contributed by atoms with E-state index in [1.807, 2.05) is 6.92 Å². The van der Waals surface area contributed by atoms with E-state index in [0.29, 0.717) is 12.0 Å². The van der Waals surface area contributed by atoms with E-state index in [9.17, 15) is 18.0 Å². The molecule has 2 aromatic rings. The lowest BCUT2D eigenvalue weighted by Crippen LogP contribution is -2.19. The van der Waals surface area contributed by atoms with Crippen molar-refractivity contribution in [3.8, 4) is 11.3 Å². The van der Waals surface area contributed by atoms with Crippen LogP contribution < -0.4 is 5.32 Å². The smallest absolute Gasteiger partial charge is 0.416 e. The molecule has 0 saturated carbocycles. The maximum atomic E-state index is 12.7. The van der Waals surface area contributed by atoms with Crippen molar-refractivity contribution in [3.05, 3.63) is 42.0 Å². The van der Waals surface area contributed by atoms with Crippen LogP contribution >= 0.6 is 0 Å². The minimum absolute atomic E-state index is 0.165. The maximum absolute atomic E-state index is 12.7. The first-order valence-electron chi connectivity index (χ1n) is 6.89. The molecule has 0 aliphatic heterocycles. The van der Waals surface area contributed by atoms with Gasteiger partial charge in [0.05, 0.1) is 5.56 Å². The van der Waals surface area contributed by atoms with Crippen LogP contribution in [0.15, 0.2) is 40.8 Å². The van der Waals surface area contributed by atoms with Gasteiger partial charge >= 0.3 is 6.18 Å². The molecule has 2 rings (SSSR count). The fraction of sp³-hybridized carbons (Fsp3) is 0.312. The quantitative estimate of drug-likeness (QED) is 0.868. The molecule has 1 amide bonds. The lowest BCUT2D eigenvalue weighted by atomic mass is 10.1. The zero-order valence-corrected chi connectivity index (χ0v) is 12.2. The highest BCUT2D eigenvalue weighted by atomic mass is 19.4. The fourth-order valence-electron chi connectivity index (χ4n) is 1.84. The predicted octanol–water partition coefficient (Wildman–Crippen LogP) is 4.95. The number of amides is 1. The molecule has 1 atom stereocenters. The van der Waals surface area contributed by atoms with E-state index in [1.54, 1.807) is 6.92 Å². The number of halogens is 3. The van der Waals surface area contributed by atoms with E-state index in [1.165, 1.54) is 24.3 Å². The molecule has 1 unspecified atom stereocenters. The Labute approximate surface area is 126 Å². The second-order valence-corrected chi connectivity index (χ2v) is 5.04. The van der Waals surface area contributed by atoms with E-state index in [4.69, 9.17) is 4.42 Å². The van der Waals surface area contributed by atoms with Gasteiger partial charge in [0.2, 0.25) is 5.91 Å². The van der Waals surface area contributed by atoms with Crippen molar-refractivity contribution < 1.29 is 22.4 Å². The second-order valence-electron chi connectivity index (χ2n) is 5.04. The molecular formula is C16H16F3NO2. The normalized spacial score (nSPS) is 13.0. The lowest BCUT2D eigenvalue weighted by Gasteiger charge is -2.08. The third kappa shape index (κ3) is 3.69. The third-order valence-electron chi connectivity index (χ3n) is 3.39. The molecule has 1 aromatic carbocycles. The van der Waals surface area contributed by atoms with Crippen molar-refractivity contribution in [2.45, 2.75) is 26.4 Å². The lowest BCUT2D eigenvalue weighted by molar-refractivity contribution is -0.137. The van der Waals surface area contributed by atoms with Gasteiger partial charge in [-0.1, -0.05) is 26.0 Å². The summed E-state index contributed by atoms with van der Waals surface area (Å²) in [5.74, 6) is 0.137. The van der Waals surface area contributed by atoms with E-state index in [0.717, 1.165) is 12.1 Å². The summed E-state index contributed by atoms with van der Waals surface area (Å²) in [6.07, 6.45) is -3.72. The topological polar surface area (TPSA) is 42.2 Å². The summed E-state index contributed by atoms with van der Waals surface area (Å²) in [6, 6.07) is 7.90. The van der Waals surface area contributed by atoms with Crippen LogP contribution in [0.5, 0.6) is 0 Å². The number of hydrogen-bond acceptors (Lipinski definition) is 2. The summed E-state index contributed by atoms with van der Waals surface area (Å²) in [7, 11) is 0. The number of rotatable bonds is 4. The highest BCUT2D eigenvalue weighted by Crippen LogP contribution is 2.33. The van der Waals surface area contributed by atoms with Crippen LogP contribution in [-0.4, -0.2) is 5.91 Å². The predicted molar refractivity (Wildman–Crippen MR) is 77.2 cm³/mol. The fourth-order valence-corrected chi connectivity index (χ4v) is 1.84. The highest BCUT2D eigenvalue weighted by molar-refractivity contribution is 5.91. The minimum Gasteiger partial charge on any atom is -0.440 e. The third-order valence-corrected chi connectivity index (χ3v) is 3.39. The van der Waals surface area contributed by atoms with Crippen molar-refractivity contribution in [1.82, 2.24) is 0 Å². The summed E-state index contributed by atoms with van der Waals surface area (Å²) in [4.78, 5) is 11.8. The molecule has 3 nitrogen and oxygen atoms in total. The Bertz CT molecular complexity index is 661. The molecule has 0 fully saturated rings. The first-order valence-corrected chi connectivity index (χ1v) is 6.89. The number of nitrogens with one attached hydrogen (secondary N) is 1. The number of alkyl halides is 3. The first kappa shape index (κ1) is 16.1. The van der Waals surface area contributed by atoms with Crippen molar-refractivity contribution in [3.63, 3.8) is 0 Å². The van der Waals surface area contributed by atoms with Crippen molar-refractivity contribution in [2.24, 2.45) is 5.92 Å². The number of anilines is 1. The molecule has 1 N–H and O–H groups in total. The standard InChI is InChI=1S/C16H16F3NO2/c1-3-10(2)15(21)20-14-8-7-13(22-14)11-5-4-6-12(9-11)16(17,18)19/h4-10H,3H2,1-2H3,(H,20,21). The number of hydrogen-bond donors (Lipinski definition) is 1. The Balaban J connectivity index is 2.20. The molecule has 0 radical (unpaired) electrons. The molecule has 0 aliphatic carbocycles. The zero-order chi connectivity index (χ0) is 16.3. The summed E-state index contributed by atoms with van der Waals surface area (Å²) in [6.45, 7) is 3.67. The average Bonchev–Trinajstić information content (AvgIpc) is 2.94. The largest absolute Gasteiger partial charge is 0.440 e. The van der Waals surface area contributed by atoms with Crippen molar-refractivity contribution in [1.29, 1.82) is 0 Å². The van der Waals surface area contributed by atoms with Crippen LogP contribution in [0.1, 0.15) is 25.8 Å². The van der Waals surface area contributed by atoms with Gasteiger partial charge in [0, 0.05) is 17.5 Å². The Morgan fingerprint density at radius 1 is 1.27 bits per heavy atom. The van der Waals surface area contributed by atoms with E-state index < -0.39 is 11.7 Å². The summed E-state index contributed by atoms with van der Waals surface area (Å²) >= 11 is 0. The van der Waals surface area contributed by atoms with Crippen LogP contribution in [0, 0.1) is 5.92 Å². The van der Waals surface area contributed by atoms with E-state index in [2.05, 4.69) is 5.32 Å². The van der Waals surface area contributed by atoms with Gasteiger partial charge in [-0.25, -0.2) is 0 Å². The maximum Gasteiger partial charge on any atom is 0.416 e. The zero-order valence-electron chi connectivity index (χ0n) is 12.2. The molecule has 0 saturated heterocycles. The van der Waals surface area contributed by atoms with Crippen LogP contribution in [0.2, 0.25) is 0 Å². The monoisotopic (exact) mass is 311 g/mol. The number of benzene rings is 1. The van der Waals surface area contributed by atoms with E-state index >= 15 is 0 Å². The molecule has 6 heteroatoms. The summed E-state index contributed by atoms with van der Waals surface area (Å²) < 4.78 is 43.5. The first-order chi connectivity index (χ1) is 10.3. The van der Waals surface area contributed by atoms with Gasteiger partial charge in [-0.15, -0.1) is 0 Å². The van der Waals surface area contributed by atoms with Gasteiger partial charge in [-0.05, 0) is 24.6 Å².